The van der Waals surface area contributed by atoms with Crippen LogP contribution < -0.4 is 4.52 Å². The van der Waals surface area contributed by atoms with E-state index in [-0.39, 0.29) is 0 Å². The molecule has 1 unspecified atom stereocenters. The van der Waals surface area contributed by atoms with Crippen LogP contribution in [0.5, 0.6) is 5.75 Å². The maximum Gasteiger partial charge on any atom is 0.332 e. The molecule has 1 rings (SSSR count). The molecule has 1 aromatic carbocycles. The zero-order chi connectivity index (χ0) is 10.6. The minimum atomic E-state index is -2.64. The molecule has 1 atom stereocenters. The van der Waals surface area contributed by atoms with Crippen LogP contribution >= 0.6 is 33.0 Å². The second-order valence-electron chi connectivity index (χ2n) is 2.39. The molecule has 0 heterocycles. The highest BCUT2D eigenvalue weighted by Crippen LogP contribution is 2.53. The van der Waals surface area contributed by atoms with E-state index < -0.39 is 5.84 Å². The predicted octanol–water partition coefficient (Wildman–Crippen LogP) is 4.33. The Kier molecular flexibility index (Phi) is 4.88. The zero-order valence-corrected chi connectivity index (χ0v) is 11.5. The molecule has 0 saturated heterocycles. The molecule has 2 nitrogen and oxygen atoms in total. The molecule has 1 aromatic rings. The molecule has 0 bridgehead atoms. The monoisotopic (exact) mass is 314 g/mol. The van der Waals surface area contributed by atoms with Crippen LogP contribution in [-0.2, 0) is 16.3 Å². The summed E-state index contributed by atoms with van der Waals surface area (Å²) in [6.07, 6.45) is 0. The van der Waals surface area contributed by atoms with Crippen molar-refractivity contribution in [2.24, 2.45) is 0 Å². The van der Waals surface area contributed by atoms with Crippen molar-refractivity contribution in [1.29, 1.82) is 0 Å². The van der Waals surface area contributed by atoms with Crippen LogP contribution in [0.25, 0.3) is 0 Å². The van der Waals surface area contributed by atoms with Crippen molar-refractivity contribution in [3.8, 4) is 5.75 Å². The molecular weight excluding hydrogens is 306 g/mol. The summed E-state index contributed by atoms with van der Waals surface area (Å²) in [6.45, 7) is 2.28. The lowest BCUT2D eigenvalue weighted by atomic mass is 10.3. The van der Waals surface area contributed by atoms with Crippen LogP contribution in [-0.4, -0.2) is 6.61 Å². The number of benzene rings is 1. The molecule has 0 saturated carbocycles. The number of hydrogen-bond acceptors (Lipinski definition) is 3. The lowest BCUT2D eigenvalue weighted by Crippen LogP contribution is -1.91. The minimum Gasteiger partial charge on any atom is -0.433 e. The number of halogens is 2. The smallest absolute Gasteiger partial charge is 0.332 e. The average Bonchev–Trinajstić information content (AvgIpc) is 2.08. The molecule has 0 aliphatic heterocycles. The van der Waals surface area contributed by atoms with Gasteiger partial charge in [-0.15, -0.1) is 0 Å². The van der Waals surface area contributed by atoms with E-state index in [4.69, 9.17) is 32.1 Å². The van der Waals surface area contributed by atoms with Crippen molar-refractivity contribution in [3.63, 3.8) is 0 Å². The first kappa shape index (κ1) is 12.5. The fourth-order valence-corrected chi connectivity index (χ4v) is 2.91. The Morgan fingerprint density at radius 1 is 1.43 bits per heavy atom. The van der Waals surface area contributed by atoms with Gasteiger partial charge < -0.3 is 9.05 Å². The van der Waals surface area contributed by atoms with Gasteiger partial charge in [-0.25, -0.2) is 0 Å². The summed E-state index contributed by atoms with van der Waals surface area (Å²) in [6, 6.07) is 7.28. The predicted molar refractivity (Wildman–Crippen MR) is 66.5 cm³/mol. The van der Waals surface area contributed by atoms with E-state index in [1.807, 2.05) is 19.1 Å². The lowest BCUT2D eigenvalue weighted by molar-refractivity contribution is 0.343. The Bertz CT molecular complexity index is 344. The second kappa shape index (κ2) is 5.47. The maximum absolute atomic E-state index is 5.88. The van der Waals surface area contributed by atoms with E-state index in [2.05, 4.69) is 15.9 Å². The summed E-state index contributed by atoms with van der Waals surface area (Å²) in [5.41, 5.74) is 0. The molecule has 6 heteroatoms. The summed E-state index contributed by atoms with van der Waals surface area (Å²) < 4.78 is 11.4. The van der Waals surface area contributed by atoms with Crippen LogP contribution in [0.1, 0.15) is 6.92 Å². The van der Waals surface area contributed by atoms with Crippen LogP contribution in [0, 0.1) is 0 Å². The molecule has 0 aliphatic rings. The van der Waals surface area contributed by atoms with Gasteiger partial charge in [0.1, 0.15) is 5.75 Å². The molecule has 0 amide bonds. The summed E-state index contributed by atoms with van der Waals surface area (Å²) in [5, 5.41) is 0. The van der Waals surface area contributed by atoms with E-state index in [0.29, 0.717) is 12.4 Å². The molecule has 14 heavy (non-hydrogen) atoms. The van der Waals surface area contributed by atoms with Gasteiger partial charge in [-0.2, -0.15) is 0 Å². The van der Waals surface area contributed by atoms with Crippen molar-refractivity contribution < 1.29 is 9.05 Å². The van der Waals surface area contributed by atoms with E-state index in [1.54, 1.807) is 12.1 Å². The van der Waals surface area contributed by atoms with Gasteiger partial charge in [-0.05, 0) is 54.2 Å². The zero-order valence-electron chi connectivity index (χ0n) is 7.44. The van der Waals surface area contributed by atoms with Crippen molar-refractivity contribution >= 4 is 44.8 Å². The van der Waals surface area contributed by atoms with Crippen LogP contribution in [0.2, 0.25) is 0 Å². The van der Waals surface area contributed by atoms with Gasteiger partial charge in [0, 0.05) is 4.47 Å². The quantitative estimate of drug-likeness (QED) is 0.771. The number of hydrogen-bond donors (Lipinski definition) is 0. The van der Waals surface area contributed by atoms with Gasteiger partial charge in [0.2, 0.25) is 0 Å². The molecule has 0 radical (unpaired) electrons. The summed E-state index contributed by atoms with van der Waals surface area (Å²) in [7, 11) is 0. The highest BCUT2D eigenvalue weighted by Gasteiger charge is 2.15. The molecule has 0 aliphatic carbocycles. The van der Waals surface area contributed by atoms with Crippen molar-refractivity contribution in [2.75, 3.05) is 6.61 Å². The second-order valence-corrected chi connectivity index (χ2v) is 7.99. The first-order chi connectivity index (χ1) is 6.53. The van der Waals surface area contributed by atoms with E-state index in [0.717, 1.165) is 4.47 Å². The van der Waals surface area contributed by atoms with Crippen molar-refractivity contribution in [2.45, 2.75) is 6.92 Å². The third-order valence-corrected chi connectivity index (χ3v) is 3.88. The fraction of sp³-hybridized carbons (Fsp3) is 0.250. The van der Waals surface area contributed by atoms with Gasteiger partial charge >= 0.3 is 5.84 Å². The molecule has 78 valence electrons. The Morgan fingerprint density at radius 2 is 2.00 bits per heavy atom. The van der Waals surface area contributed by atoms with E-state index in [9.17, 15) is 0 Å². The van der Waals surface area contributed by atoms with Gasteiger partial charge in [0.15, 0.2) is 0 Å². The van der Waals surface area contributed by atoms with Gasteiger partial charge in [-0.3, -0.25) is 0 Å². The van der Waals surface area contributed by atoms with Gasteiger partial charge in [-0.1, -0.05) is 15.9 Å². The SMILES string of the molecule is CCOP(=S)(Cl)Oc1ccc(Br)cc1. The molecule has 0 fully saturated rings. The minimum absolute atomic E-state index is 0.456. The summed E-state index contributed by atoms with van der Waals surface area (Å²) in [5.74, 6) is -2.01. The Labute approximate surface area is 102 Å². The average molecular weight is 316 g/mol. The maximum atomic E-state index is 5.88. The molecule has 0 aromatic heterocycles. The topological polar surface area (TPSA) is 18.5 Å². The standard InChI is InChI=1S/C8H9BrClO2PS/c1-2-11-13(10,14)12-8-5-3-7(9)4-6-8/h3-6H,2H2,1H3. The van der Waals surface area contributed by atoms with Crippen LogP contribution in [0.4, 0.5) is 0 Å². The third-order valence-electron chi connectivity index (χ3n) is 1.31. The van der Waals surface area contributed by atoms with Crippen LogP contribution in [0.3, 0.4) is 0 Å². The third kappa shape index (κ3) is 4.28. The normalized spacial score (nSPS) is 14.8. The fourth-order valence-electron chi connectivity index (χ4n) is 0.802. The highest BCUT2D eigenvalue weighted by molar-refractivity contribution is 9.10. The molecule has 0 N–H and O–H groups in total. The first-order valence-electron chi connectivity index (χ1n) is 3.93. The Hall–Kier alpha value is 0.400. The summed E-state index contributed by atoms with van der Waals surface area (Å²) >= 11 is 14.2. The lowest BCUT2D eigenvalue weighted by Gasteiger charge is -2.14. The Balaban J connectivity index is 2.69. The Morgan fingerprint density at radius 3 is 2.50 bits per heavy atom. The molecular formula is C8H9BrClO2PS. The van der Waals surface area contributed by atoms with Crippen molar-refractivity contribution in [1.82, 2.24) is 0 Å². The van der Waals surface area contributed by atoms with Gasteiger partial charge in [0.25, 0.3) is 0 Å². The highest BCUT2D eigenvalue weighted by atomic mass is 79.9. The number of rotatable bonds is 4. The summed E-state index contributed by atoms with van der Waals surface area (Å²) in [4.78, 5) is 0. The van der Waals surface area contributed by atoms with E-state index in [1.165, 1.54) is 0 Å². The first-order valence-corrected chi connectivity index (χ1v) is 8.26. The molecule has 0 spiro atoms. The van der Waals surface area contributed by atoms with Crippen LogP contribution in [0.15, 0.2) is 28.7 Å². The van der Waals surface area contributed by atoms with Crippen molar-refractivity contribution in [3.05, 3.63) is 28.7 Å². The van der Waals surface area contributed by atoms with Gasteiger partial charge in [0.05, 0.1) is 6.61 Å². The van der Waals surface area contributed by atoms with E-state index >= 15 is 0 Å². The largest absolute Gasteiger partial charge is 0.433 e.